The molecule has 0 aliphatic carbocycles. The highest BCUT2D eigenvalue weighted by atomic mass is 16.5. The molecule has 0 spiro atoms. The molecule has 0 N–H and O–H groups in total. The summed E-state index contributed by atoms with van der Waals surface area (Å²) < 4.78 is 10.9. The third-order valence-electron chi connectivity index (χ3n) is 6.18. The fourth-order valence-corrected chi connectivity index (χ4v) is 4.55. The van der Waals surface area contributed by atoms with Crippen molar-refractivity contribution in [2.75, 3.05) is 14.2 Å². The minimum Gasteiger partial charge on any atom is -0.497 e. The lowest BCUT2D eigenvalue weighted by atomic mass is 9.89. The third-order valence-corrected chi connectivity index (χ3v) is 6.18. The Balaban J connectivity index is 1.57. The fourth-order valence-electron chi connectivity index (χ4n) is 4.55. The first-order chi connectivity index (χ1) is 16.2. The Morgan fingerprint density at radius 2 is 1.42 bits per heavy atom. The van der Waals surface area contributed by atoms with Crippen LogP contribution in [0.4, 0.5) is 0 Å². The molecule has 4 heteroatoms. The van der Waals surface area contributed by atoms with Gasteiger partial charge in [0.1, 0.15) is 11.5 Å². The second-order valence-corrected chi connectivity index (χ2v) is 8.09. The van der Waals surface area contributed by atoms with Crippen LogP contribution >= 0.6 is 0 Å². The highest BCUT2D eigenvalue weighted by Gasteiger charge is 2.31. The van der Waals surface area contributed by atoms with Crippen molar-refractivity contribution in [3.05, 3.63) is 108 Å². The molecule has 1 amide bonds. The van der Waals surface area contributed by atoms with E-state index in [1.807, 2.05) is 65.6 Å². The van der Waals surface area contributed by atoms with Gasteiger partial charge in [-0.15, -0.1) is 0 Å². The van der Waals surface area contributed by atoms with Gasteiger partial charge in [-0.3, -0.25) is 4.79 Å². The maximum absolute atomic E-state index is 13.4. The van der Waals surface area contributed by atoms with Crippen molar-refractivity contribution in [3.8, 4) is 33.8 Å². The van der Waals surface area contributed by atoms with Gasteiger partial charge >= 0.3 is 0 Å². The van der Waals surface area contributed by atoms with Gasteiger partial charge in [0.25, 0.3) is 5.91 Å². The predicted molar refractivity (Wildman–Crippen MR) is 130 cm³/mol. The molecular weight excluding hydrogens is 410 g/mol. The number of hydrogen-bond acceptors (Lipinski definition) is 3. The van der Waals surface area contributed by atoms with E-state index in [9.17, 15) is 4.79 Å². The number of amides is 1. The molecular formula is C29H25NO3. The zero-order valence-corrected chi connectivity index (χ0v) is 18.7. The summed E-state index contributed by atoms with van der Waals surface area (Å²) in [5.41, 5.74) is 7.30. The second-order valence-electron chi connectivity index (χ2n) is 8.09. The van der Waals surface area contributed by atoms with Crippen LogP contribution in [0.25, 0.3) is 22.3 Å². The molecule has 1 aliphatic rings. The molecule has 1 aliphatic heterocycles. The molecule has 0 unspecified atom stereocenters. The Morgan fingerprint density at radius 1 is 0.758 bits per heavy atom. The van der Waals surface area contributed by atoms with Gasteiger partial charge in [0, 0.05) is 30.3 Å². The summed E-state index contributed by atoms with van der Waals surface area (Å²) in [6, 6.07) is 30.4. The van der Waals surface area contributed by atoms with Crippen molar-refractivity contribution >= 4 is 5.91 Å². The topological polar surface area (TPSA) is 38.8 Å². The molecule has 164 valence electrons. The SMILES string of the molecule is COc1ccc(CN2Cc3c(ccc(-c4ccccc4)c3-c3ccccc3)C2=O)c(OC)c1. The molecule has 33 heavy (non-hydrogen) atoms. The minimum absolute atomic E-state index is 0.0414. The molecule has 1 heterocycles. The first kappa shape index (κ1) is 20.8. The molecule has 0 saturated heterocycles. The van der Waals surface area contributed by atoms with Gasteiger partial charge < -0.3 is 14.4 Å². The summed E-state index contributed by atoms with van der Waals surface area (Å²) in [7, 11) is 3.27. The van der Waals surface area contributed by atoms with Gasteiger partial charge in [0.05, 0.1) is 14.2 Å². The van der Waals surface area contributed by atoms with Crippen LogP contribution in [0.1, 0.15) is 21.5 Å². The van der Waals surface area contributed by atoms with Crippen molar-refractivity contribution in [1.82, 2.24) is 4.90 Å². The maximum Gasteiger partial charge on any atom is 0.254 e. The van der Waals surface area contributed by atoms with Crippen LogP contribution in [0.5, 0.6) is 11.5 Å². The number of rotatable bonds is 6. The average molecular weight is 436 g/mol. The van der Waals surface area contributed by atoms with Gasteiger partial charge in [0.2, 0.25) is 0 Å². The number of nitrogens with zero attached hydrogens (tertiary/aromatic N) is 1. The number of carbonyl (C=O) groups is 1. The minimum atomic E-state index is 0.0414. The van der Waals surface area contributed by atoms with Gasteiger partial charge in [-0.1, -0.05) is 66.7 Å². The van der Waals surface area contributed by atoms with Gasteiger partial charge in [-0.05, 0) is 46.0 Å². The number of hydrogen-bond donors (Lipinski definition) is 0. The monoisotopic (exact) mass is 435 g/mol. The van der Waals surface area contributed by atoms with Crippen molar-refractivity contribution in [3.63, 3.8) is 0 Å². The lowest BCUT2D eigenvalue weighted by Crippen LogP contribution is -2.23. The Morgan fingerprint density at radius 3 is 2.09 bits per heavy atom. The van der Waals surface area contributed by atoms with E-state index in [0.29, 0.717) is 18.8 Å². The molecule has 0 fully saturated rings. The van der Waals surface area contributed by atoms with E-state index in [2.05, 4.69) is 30.3 Å². The summed E-state index contributed by atoms with van der Waals surface area (Å²) in [5.74, 6) is 1.48. The number of methoxy groups -OCH3 is 2. The second kappa shape index (κ2) is 8.83. The van der Waals surface area contributed by atoms with Crippen molar-refractivity contribution < 1.29 is 14.3 Å². The smallest absolute Gasteiger partial charge is 0.254 e. The highest BCUT2D eigenvalue weighted by Crippen LogP contribution is 2.41. The molecule has 0 atom stereocenters. The van der Waals surface area contributed by atoms with Crippen molar-refractivity contribution in [1.29, 1.82) is 0 Å². The molecule has 5 rings (SSSR count). The van der Waals surface area contributed by atoms with E-state index in [0.717, 1.165) is 44.7 Å². The average Bonchev–Trinajstić information content (AvgIpc) is 3.19. The quantitative estimate of drug-likeness (QED) is 0.362. The highest BCUT2D eigenvalue weighted by molar-refractivity contribution is 6.03. The molecule has 0 radical (unpaired) electrons. The number of benzene rings is 4. The van der Waals surface area contributed by atoms with E-state index >= 15 is 0 Å². The van der Waals surface area contributed by atoms with Crippen molar-refractivity contribution in [2.45, 2.75) is 13.1 Å². The summed E-state index contributed by atoms with van der Waals surface area (Å²) in [4.78, 5) is 15.3. The first-order valence-corrected chi connectivity index (χ1v) is 11.0. The fraction of sp³-hybridized carbons (Fsp3) is 0.138. The number of carbonyl (C=O) groups excluding carboxylic acids is 1. The number of ether oxygens (including phenoxy) is 2. The maximum atomic E-state index is 13.4. The Kier molecular flexibility index (Phi) is 5.57. The van der Waals surface area contributed by atoms with Crippen LogP contribution in [0.2, 0.25) is 0 Å². The summed E-state index contributed by atoms with van der Waals surface area (Å²) in [6.07, 6.45) is 0. The van der Waals surface area contributed by atoms with Crippen molar-refractivity contribution in [2.24, 2.45) is 0 Å². The van der Waals surface area contributed by atoms with Gasteiger partial charge in [0.15, 0.2) is 0 Å². The Labute approximate surface area is 194 Å². The van der Waals surface area contributed by atoms with Gasteiger partial charge in [-0.2, -0.15) is 0 Å². The standard InChI is InChI=1S/C29H25NO3/c1-32-23-14-13-22(27(17-23)33-2)18-30-19-26-25(29(30)31)16-15-24(20-9-5-3-6-10-20)28(26)21-11-7-4-8-12-21/h3-17H,18-19H2,1-2H3. The van der Waals surface area contributed by atoms with Crippen LogP contribution < -0.4 is 9.47 Å². The molecule has 4 aromatic carbocycles. The first-order valence-electron chi connectivity index (χ1n) is 11.0. The van der Waals surface area contributed by atoms with E-state index in [1.165, 1.54) is 0 Å². The van der Waals surface area contributed by atoms with Crippen LogP contribution in [0.3, 0.4) is 0 Å². The van der Waals surface area contributed by atoms with E-state index in [4.69, 9.17) is 9.47 Å². The summed E-state index contributed by atoms with van der Waals surface area (Å²) in [5, 5.41) is 0. The van der Waals surface area contributed by atoms with E-state index in [1.54, 1.807) is 14.2 Å². The van der Waals surface area contributed by atoms with E-state index in [-0.39, 0.29) is 5.91 Å². The summed E-state index contributed by atoms with van der Waals surface area (Å²) in [6.45, 7) is 1.02. The zero-order chi connectivity index (χ0) is 22.8. The Bertz CT molecular complexity index is 1300. The lowest BCUT2D eigenvalue weighted by molar-refractivity contribution is 0.0765. The summed E-state index contributed by atoms with van der Waals surface area (Å²) >= 11 is 0. The molecule has 0 saturated carbocycles. The lowest BCUT2D eigenvalue weighted by Gasteiger charge is -2.19. The van der Waals surface area contributed by atoms with Crippen LogP contribution in [-0.4, -0.2) is 25.0 Å². The van der Waals surface area contributed by atoms with Crippen LogP contribution in [0.15, 0.2) is 91.0 Å². The molecule has 0 aromatic heterocycles. The van der Waals surface area contributed by atoms with Gasteiger partial charge in [-0.25, -0.2) is 0 Å². The number of fused-ring (bicyclic) bond motifs is 1. The third kappa shape index (κ3) is 3.85. The predicted octanol–water partition coefficient (Wildman–Crippen LogP) is 6.19. The largest absolute Gasteiger partial charge is 0.497 e. The van der Waals surface area contributed by atoms with Crippen LogP contribution in [-0.2, 0) is 13.1 Å². The molecule has 0 bridgehead atoms. The molecule has 4 nitrogen and oxygen atoms in total. The van der Waals surface area contributed by atoms with E-state index < -0.39 is 0 Å². The zero-order valence-electron chi connectivity index (χ0n) is 18.7. The molecule has 4 aromatic rings. The normalized spacial score (nSPS) is 12.5. The Hall–Kier alpha value is -4.05. The van der Waals surface area contributed by atoms with Crippen LogP contribution in [0, 0.1) is 0 Å².